The summed E-state index contributed by atoms with van der Waals surface area (Å²) in [6, 6.07) is 1.73. The molecule has 18 heavy (non-hydrogen) atoms. The molecule has 6 nitrogen and oxygen atoms in total. The lowest BCUT2D eigenvalue weighted by molar-refractivity contribution is -0.157. The van der Waals surface area contributed by atoms with Crippen molar-refractivity contribution in [3.05, 3.63) is 17.5 Å². The highest BCUT2D eigenvalue weighted by molar-refractivity contribution is 5.85. The fourth-order valence-electron chi connectivity index (χ4n) is 2.12. The molecule has 2 N–H and O–H groups in total. The van der Waals surface area contributed by atoms with Gasteiger partial charge in [0, 0.05) is 12.5 Å². The van der Waals surface area contributed by atoms with Gasteiger partial charge in [-0.15, -0.1) is 0 Å². The minimum atomic E-state index is -0.876. The summed E-state index contributed by atoms with van der Waals surface area (Å²) in [7, 11) is 0. The molecular formula is C12H16N2O4. The lowest BCUT2D eigenvalue weighted by Crippen LogP contribution is -2.42. The van der Waals surface area contributed by atoms with Crippen molar-refractivity contribution in [3.63, 3.8) is 0 Å². The van der Waals surface area contributed by atoms with Gasteiger partial charge in [0.1, 0.15) is 0 Å². The molecule has 0 aromatic carbocycles. The number of hydrogen-bond donors (Lipinski definition) is 2. The third-order valence-corrected chi connectivity index (χ3v) is 3.40. The van der Waals surface area contributed by atoms with Crippen molar-refractivity contribution in [2.24, 2.45) is 5.41 Å². The largest absolute Gasteiger partial charge is 0.481 e. The summed E-state index contributed by atoms with van der Waals surface area (Å²) in [6.07, 6.45) is 2.07. The van der Waals surface area contributed by atoms with Gasteiger partial charge in [0.15, 0.2) is 5.76 Å². The van der Waals surface area contributed by atoms with Gasteiger partial charge in [-0.25, -0.2) is 0 Å². The first-order chi connectivity index (χ1) is 8.52. The van der Waals surface area contributed by atoms with Crippen LogP contribution >= 0.6 is 0 Å². The first-order valence-electron chi connectivity index (χ1n) is 5.94. The van der Waals surface area contributed by atoms with E-state index in [2.05, 4.69) is 10.5 Å². The van der Waals surface area contributed by atoms with E-state index >= 15 is 0 Å². The normalized spacial score (nSPS) is 16.9. The van der Waals surface area contributed by atoms with E-state index in [1.54, 1.807) is 13.0 Å². The van der Waals surface area contributed by atoms with Gasteiger partial charge in [-0.2, -0.15) is 0 Å². The highest BCUT2D eigenvalue weighted by Crippen LogP contribution is 2.44. The minimum Gasteiger partial charge on any atom is -0.481 e. The molecule has 0 radical (unpaired) electrons. The van der Waals surface area contributed by atoms with E-state index < -0.39 is 11.4 Å². The number of rotatable bonds is 5. The standard InChI is InChI=1S/C12H16N2O4/c1-8-5-9(18-14-8)7-13-10(15)6-12(11(16)17)3-2-4-12/h5H,2-4,6-7H2,1H3,(H,13,15)(H,16,17). The zero-order chi connectivity index (χ0) is 13.2. The highest BCUT2D eigenvalue weighted by Gasteiger charge is 2.45. The van der Waals surface area contributed by atoms with Crippen molar-refractivity contribution in [2.75, 3.05) is 0 Å². The Hall–Kier alpha value is -1.85. The summed E-state index contributed by atoms with van der Waals surface area (Å²) in [5, 5.41) is 15.5. The van der Waals surface area contributed by atoms with Crippen LogP contribution in [0.3, 0.4) is 0 Å². The van der Waals surface area contributed by atoms with Crippen LogP contribution in [0.25, 0.3) is 0 Å². The van der Waals surface area contributed by atoms with E-state index in [-0.39, 0.29) is 18.9 Å². The maximum Gasteiger partial charge on any atom is 0.310 e. The summed E-state index contributed by atoms with van der Waals surface area (Å²) in [6.45, 7) is 2.04. The molecule has 0 saturated heterocycles. The van der Waals surface area contributed by atoms with E-state index in [0.29, 0.717) is 18.6 Å². The fourth-order valence-corrected chi connectivity index (χ4v) is 2.12. The monoisotopic (exact) mass is 252 g/mol. The fraction of sp³-hybridized carbons (Fsp3) is 0.583. The van der Waals surface area contributed by atoms with Gasteiger partial charge >= 0.3 is 5.97 Å². The average Bonchev–Trinajstić information content (AvgIpc) is 2.66. The van der Waals surface area contributed by atoms with Gasteiger partial charge in [0.2, 0.25) is 5.91 Å². The molecule has 1 aliphatic carbocycles. The second kappa shape index (κ2) is 4.80. The molecule has 1 amide bonds. The number of carboxylic acids is 1. The molecule has 6 heteroatoms. The number of aliphatic carboxylic acids is 1. The molecule has 2 rings (SSSR count). The average molecular weight is 252 g/mol. The van der Waals surface area contributed by atoms with Gasteiger partial charge in [-0.1, -0.05) is 11.6 Å². The van der Waals surface area contributed by atoms with Crippen LogP contribution < -0.4 is 5.32 Å². The number of carbonyl (C=O) groups excluding carboxylic acids is 1. The molecule has 0 unspecified atom stereocenters. The zero-order valence-corrected chi connectivity index (χ0v) is 10.2. The second-order valence-electron chi connectivity index (χ2n) is 4.83. The van der Waals surface area contributed by atoms with Crippen molar-refractivity contribution >= 4 is 11.9 Å². The number of nitrogens with zero attached hydrogens (tertiary/aromatic N) is 1. The van der Waals surface area contributed by atoms with Crippen molar-refractivity contribution < 1.29 is 19.2 Å². The minimum absolute atomic E-state index is 0.0372. The van der Waals surface area contributed by atoms with Gasteiger partial charge in [-0.05, 0) is 19.8 Å². The van der Waals surface area contributed by atoms with Gasteiger partial charge < -0.3 is 14.9 Å². The smallest absolute Gasteiger partial charge is 0.310 e. The SMILES string of the molecule is Cc1cc(CNC(=O)CC2(C(=O)O)CCC2)on1. The topological polar surface area (TPSA) is 92.4 Å². The maximum absolute atomic E-state index is 11.7. The molecule has 98 valence electrons. The lowest BCUT2D eigenvalue weighted by atomic mass is 9.66. The van der Waals surface area contributed by atoms with Gasteiger partial charge in [0.25, 0.3) is 0 Å². The Labute approximate surface area is 104 Å². The van der Waals surface area contributed by atoms with Crippen molar-refractivity contribution in [2.45, 2.75) is 39.2 Å². The van der Waals surface area contributed by atoms with Crippen LogP contribution in [0.4, 0.5) is 0 Å². The van der Waals surface area contributed by atoms with E-state index in [1.807, 2.05) is 0 Å². The van der Waals surface area contributed by atoms with Crippen LogP contribution in [0.1, 0.15) is 37.1 Å². The van der Waals surface area contributed by atoms with Gasteiger partial charge in [-0.3, -0.25) is 9.59 Å². The number of carboxylic acid groups (broad SMARTS) is 1. The molecule has 1 aromatic rings. The molecule has 1 heterocycles. The number of aromatic nitrogens is 1. The predicted molar refractivity (Wildman–Crippen MR) is 61.6 cm³/mol. The Balaban J connectivity index is 1.83. The van der Waals surface area contributed by atoms with Crippen LogP contribution in [0.15, 0.2) is 10.6 Å². The molecule has 1 aliphatic rings. The summed E-state index contributed by atoms with van der Waals surface area (Å²) in [5.74, 6) is -0.565. The number of amides is 1. The third-order valence-electron chi connectivity index (χ3n) is 3.40. The van der Waals surface area contributed by atoms with E-state index in [4.69, 9.17) is 9.63 Å². The van der Waals surface area contributed by atoms with Crippen LogP contribution in [0.2, 0.25) is 0 Å². The van der Waals surface area contributed by atoms with Crippen molar-refractivity contribution in [3.8, 4) is 0 Å². The first kappa shape index (κ1) is 12.6. The Bertz CT molecular complexity index is 462. The zero-order valence-electron chi connectivity index (χ0n) is 10.2. The van der Waals surface area contributed by atoms with Crippen molar-refractivity contribution in [1.82, 2.24) is 10.5 Å². The van der Waals surface area contributed by atoms with Gasteiger partial charge in [0.05, 0.1) is 17.7 Å². The molecule has 1 saturated carbocycles. The quantitative estimate of drug-likeness (QED) is 0.822. The first-order valence-corrected chi connectivity index (χ1v) is 5.94. The Morgan fingerprint density at radius 2 is 2.28 bits per heavy atom. The molecule has 0 bridgehead atoms. The molecule has 1 fully saturated rings. The number of carbonyl (C=O) groups is 2. The molecule has 1 aromatic heterocycles. The Kier molecular flexibility index (Phi) is 3.36. The maximum atomic E-state index is 11.7. The molecule has 0 aliphatic heterocycles. The second-order valence-corrected chi connectivity index (χ2v) is 4.83. The molecular weight excluding hydrogens is 236 g/mol. The number of aryl methyl sites for hydroxylation is 1. The highest BCUT2D eigenvalue weighted by atomic mass is 16.5. The lowest BCUT2D eigenvalue weighted by Gasteiger charge is -2.36. The van der Waals surface area contributed by atoms with Crippen LogP contribution in [-0.2, 0) is 16.1 Å². The Morgan fingerprint density at radius 3 is 2.72 bits per heavy atom. The summed E-state index contributed by atoms with van der Waals surface area (Å²) >= 11 is 0. The third kappa shape index (κ3) is 2.52. The van der Waals surface area contributed by atoms with E-state index in [9.17, 15) is 9.59 Å². The number of hydrogen-bond acceptors (Lipinski definition) is 4. The molecule has 0 atom stereocenters. The predicted octanol–water partition coefficient (Wildman–Crippen LogP) is 1.24. The molecule has 0 spiro atoms. The van der Waals surface area contributed by atoms with Crippen LogP contribution in [0.5, 0.6) is 0 Å². The summed E-state index contributed by atoms with van der Waals surface area (Å²) < 4.78 is 4.95. The van der Waals surface area contributed by atoms with E-state index in [0.717, 1.165) is 12.1 Å². The summed E-state index contributed by atoms with van der Waals surface area (Å²) in [4.78, 5) is 22.8. The van der Waals surface area contributed by atoms with Crippen LogP contribution in [-0.4, -0.2) is 22.1 Å². The summed E-state index contributed by atoms with van der Waals surface area (Å²) in [5.41, 5.74) is -0.0956. The van der Waals surface area contributed by atoms with Crippen molar-refractivity contribution in [1.29, 1.82) is 0 Å². The number of nitrogens with one attached hydrogen (secondary N) is 1. The Morgan fingerprint density at radius 1 is 1.56 bits per heavy atom. The van der Waals surface area contributed by atoms with E-state index in [1.165, 1.54) is 0 Å². The van der Waals surface area contributed by atoms with Crippen LogP contribution in [0, 0.1) is 12.3 Å².